The third kappa shape index (κ3) is 10.0. The van der Waals surface area contributed by atoms with Crippen LogP contribution in [0, 0.1) is 5.82 Å². The lowest BCUT2D eigenvalue weighted by Crippen LogP contribution is -2.36. The summed E-state index contributed by atoms with van der Waals surface area (Å²) < 4.78 is 36.7. The number of aliphatic carboxylic acids is 1. The number of benzene rings is 1. The second-order valence-corrected chi connectivity index (χ2v) is 10.9. The summed E-state index contributed by atoms with van der Waals surface area (Å²) in [6, 6.07) is 7.47. The zero-order valence-electron chi connectivity index (χ0n) is 25.6. The molecule has 2 N–H and O–H groups in total. The van der Waals surface area contributed by atoms with Gasteiger partial charge in [0.1, 0.15) is 12.4 Å². The molecule has 1 atom stereocenters. The van der Waals surface area contributed by atoms with Crippen molar-refractivity contribution in [3.63, 3.8) is 0 Å². The largest absolute Gasteiger partial charge is 0.488 e. The molecule has 0 radical (unpaired) electrons. The minimum absolute atomic E-state index is 0.0381. The van der Waals surface area contributed by atoms with Crippen LogP contribution in [0.15, 0.2) is 30.3 Å². The first kappa shape index (κ1) is 33.4. The number of amides is 2. The van der Waals surface area contributed by atoms with E-state index in [4.69, 9.17) is 23.9 Å². The van der Waals surface area contributed by atoms with E-state index in [1.165, 1.54) is 22.6 Å². The monoisotopic (exact) mass is 616 g/mol. The van der Waals surface area contributed by atoms with Crippen LogP contribution in [0.2, 0.25) is 0 Å². The molecule has 2 aliphatic rings. The fourth-order valence-electron chi connectivity index (χ4n) is 5.37. The van der Waals surface area contributed by atoms with Crippen LogP contribution in [0.25, 0.3) is 0 Å². The number of fused-ring (bicyclic) bond motifs is 1. The summed E-state index contributed by atoms with van der Waals surface area (Å²) in [6.07, 6.45) is 4.26. The molecule has 44 heavy (non-hydrogen) atoms. The number of carboxylic acids is 1. The fourth-order valence-corrected chi connectivity index (χ4v) is 5.37. The van der Waals surface area contributed by atoms with Crippen molar-refractivity contribution < 1.29 is 38.0 Å². The van der Waals surface area contributed by atoms with Crippen molar-refractivity contribution in [1.82, 2.24) is 14.8 Å². The van der Waals surface area contributed by atoms with Crippen molar-refractivity contribution in [1.29, 1.82) is 0 Å². The van der Waals surface area contributed by atoms with Gasteiger partial charge in [-0.05, 0) is 61.4 Å². The summed E-state index contributed by atoms with van der Waals surface area (Å²) in [6.45, 7) is 7.36. The minimum atomic E-state index is -1.07. The lowest BCUT2D eigenvalue weighted by Gasteiger charge is -2.27. The number of nitrogens with zero attached hydrogens (tertiary/aromatic N) is 3. The van der Waals surface area contributed by atoms with Crippen molar-refractivity contribution in [2.24, 2.45) is 0 Å². The number of halogens is 1. The van der Waals surface area contributed by atoms with Crippen molar-refractivity contribution >= 4 is 17.8 Å². The standard InChI is InChI=1S/C32H45FN4O7/c1-2-15-41-16-17-42-18-19-43-20-21-44-29-10-8-25(22-27(29)33)28(23-30(38)39)37-14-13-36(32(37)40)12-4-6-26-9-7-24-5-3-11-34-31(24)35-26/h7-10,22,28H,2-6,11-21,23H2,1H3,(H,34,35)(H,38,39)/t28-/m0/s1. The molecule has 2 aliphatic heterocycles. The molecule has 1 aromatic carbocycles. The number of carbonyl (C=O) groups excluding carboxylic acids is 1. The van der Waals surface area contributed by atoms with E-state index in [1.807, 2.05) is 13.0 Å². The maximum atomic E-state index is 15.0. The normalized spacial score (nSPS) is 15.3. The van der Waals surface area contributed by atoms with E-state index in [2.05, 4.69) is 11.4 Å². The van der Waals surface area contributed by atoms with Gasteiger partial charge in [-0.25, -0.2) is 14.2 Å². The Hall–Kier alpha value is -3.48. The molecule has 4 rings (SSSR count). The van der Waals surface area contributed by atoms with Crippen LogP contribution in [0.1, 0.15) is 55.5 Å². The third-order valence-corrected chi connectivity index (χ3v) is 7.60. The molecule has 0 spiro atoms. The summed E-state index contributed by atoms with van der Waals surface area (Å²) in [7, 11) is 0. The van der Waals surface area contributed by atoms with Gasteiger partial charge in [0.05, 0.1) is 45.5 Å². The highest BCUT2D eigenvalue weighted by Crippen LogP contribution is 2.31. The quantitative estimate of drug-likeness (QED) is 0.210. The number of aryl methyl sites for hydroxylation is 2. The molecule has 242 valence electrons. The van der Waals surface area contributed by atoms with E-state index >= 15 is 0 Å². The van der Waals surface area contributed by atoms with Crippen molar-refractivity contribution in [3.05, 3.63) is 53.0 Å². The molecule has 2 aromatic rings. The number of urea groups is 1. The van der Waals surface area contributed by atoms with Gasteiger partial charge in [0.2, 0.25) is 0 Å². The first-order valence-corrected chi connectivity index (χ1v) is 15.6. The highest BCUT2D eigenvalue weighted by Gasteiger charge is 2.35. The minimum Gasteiger partial charge on any atom is -0.488 e. The average Bonchev–Trinajstić information content (AvgIpc) is 3.38. The van der Waals surface area contributed by atoms with Crippen LogP contribution in [0.4, 0.5) is 15.0 Å². The number of carbonyl (C=O) groups is 2. The zero-order chi connectivity index (χ0) is 31.1. The average molecular weight is 617 g/mol. The molecule has 12 heteroatoms. The van der Waals surface area contributed by atoms with Gasteiger partial charge in [0.25, 0.3) is 0 Å². The molecule has 0 saturated carbocycles. The van der Waals surface area contributed by atoms with Crippen molar-refractivity contribution in [2.45, 2.75) is 51.5 Å². The Kier molecular flexibility index (Phi) is 13.5. The summed E-state index contributed by atoms with van der Waals surface area (Å²) in [5.74, 6) is -0.695. The topological polar surface area (TPSA) is 123 Å². The molecule has 0 unspecified atom stereocenters. The molecule has 1 fully saturated rings. The predicted molar refractivity (Wildman–Crippen MR) is 163 cm³/mol. The number of hydrogen-bond donors (Lipinski definition) is 2. The summed E-state index contributed by atoms with van der Waals surface area (Å²) in [5.41, 5.74) is 2.63. The van der Waals surface area contributed by atoms with Gasteiger partial charge in [-0.1, -0.05) is 19.1 Å². The second kappa shape index (κ2) is 17.7. The number of nitrogens with one attached hydrogen (secondary N) is 1. The molecule has 0 aliphatic carbocycles. The fraction of sp³-hybridized carbons (Fsp3) is 0.594. The molecular weight excluding hydrogens is 571 g/mol. The number of anilines is 1. The van der Waals surface area contributed by atoms with E-state index in [0.29, 0.717) is 51.6 Å². The van der Waals surface area contributed by atoms with Gasteiger partial charge in [0.15, 0.2) is 11.6 Å². The van der Waals surface area contributed by atoms with Gasteiger partial charge in [-0.15, -0.1) is 0 Å². The van der Waals surface area contributed by atoms with E-state index in [1.54, 1.807) is 11.0 Å². The van der Waals surface area contributed by atoms with Crippen LogP contribution in [-0.4, -0.2) is 104 Å². The Morgan fingerprint density at radius 2 is 1.80 bits per heavy atom. The van der Waals surface area contributed by atoms with Gasteiger partial charge in [0, 0.05) is 38.5 Å². The maximum Gasteiger partial charge on any atom is 0.320 e. The van der Waals surface area contributed by atoms with E-state index < -0.39 is 17.8 Å². The molecule has 2 amide bonds. The first-order valence-electron chi connectivity index (χ1n) is 15.6. The Labute approximate surface area is 258 Å². The van der Waals surface area contributed by atoms with Crippen LogP contribution < -0.4 is 10.1 Å². The molecule has 3 heterocycles. The van der Waals surface area contributed by atoms with Gasteiger partial charge < -0.3 is 39.2 Å². The lowest BCUT2D eigenvalue weighted by atomic mass is 10.0. The van der Waals surface area contributed by atoms with Crippen molar-refractivity contribution in [3.8, 4) is 5.75 Å². The summed E-state index contributed by atoms with van der Waals surface area (Å²) >= 11 is 0. The molecule has 1 saturated heterocycles. The molecule has 11 nitrogen and oxygen atoms in total. The Morgan fingerprint density at radius 3 is 2.52 bits per heavy atom. The van der Waals surface area contributed by atoms with Crippen LogP contribution in [0.3, 0.4) is 0 Å². The number of carboxylic acid groups (broad SMARTS) is 1. The summed E-state index contributed by atoms with van der Waals surface area (Å²) in [5, 5.41) is 12.9. The van der Waals surface area contributed by atoms with Crippen LogP contribution in [-0.2, 0) is 31.8 Å². The lowest BCUT2D eigenvalue weighted by molar-refractivity contribution is -0.138. The van der Waals surface area contributed by atoms with Gasteiger partial charge in [-0.2, -0.15) is 0 Å². The molecule has 0 bridgehead atoms. The van der Waals surface area contributed by atoms with Crippen LogP contribution in [0.5, 0.6) is 5.75 Å². The van der Waals surface area contributed by atoms with E-state index in [9.17, 15) is 19.1 Å². The Balaban J connectivity index is 1.23. The summed E-state index contributed by atoms with van der Waals surface area (Å²) in [4.78, 5) is 33.0. The maximum absolute atomic E-state index is 15.0. The number of pyridine rings is 1. The van der Waals surface area contributed by atoms with E-state index in [-0.39, 0.29) is 31.4 Å². The zero-order valence-corrected chi connectivity index (χ0v) is 25.6. The Bertz CT molecular complexity index is 1220. The highest BCUT2D eigenvalue weighted by atomic mass is 19.1. The smallest absolute Gasteiger partial charge is 0.320 e. The van der Waals surface area contributed by atoms with Gasteiger partial charge in [-0.3, -0.25) is 4.79 Å². The van der Waals surface area contributed by atoms with E-state index in [0.717, 1.165) is 56.8 Å². The first-order chi connectivity index (χ1) is 21.5. The van der Waals surface area contributed by atoms with Crippen LogP contribution >= 0.6 is 0 Å². The third-order valence-electron chi connectivity index (χ3n) is 7.60. The number of ether oxygens (including phenoxy) is 4. The van der Waals surface area contributed by atoms with Crippen molar-refractivity contribution in [2.75, 3.05) is 77.7 Å². The number of rotatable bonds is 20. The molecule has 1 aromatic heterocycles. The Morgan fingerprint density at radius 1 is 1.05 bits per heavy atom. The highest BCUT2D eigenvalue weighted by molar-refractivity contribution is 5.78. The second-order valence-electron chi connectivity index (χ2n) is 10.9. The van der Waals surface area contributed by atoms with Gasteiger partial charge >= 0.3 is 12.0 Å². The predicted octanol–water partition coefficient (Wildman–Crippen LogP) is 4.30. The SMILES string of the molecule is CCCOCCOCCOCCOc1ccc([C@H](CC(=O)O)N2CCN(CCCc3ccc4c(n3)NCCC4)C2=O)cc1F. The molecular formula is C32H45FN4O7. The number of hydrogen-bond acceptors (Lipinski definition) is 8. The number of aromatic nitrogens is 1.